The number of carbonyl (C=O) groups excluding carboxylic acids is 1. The van der Waals surface area contributed by atoms with Crippen LogP contribution in [0.25, 0.3) is 6.08 Å². The van der Waals surface area contributed by atoms with Gasteiger partial charge in [-0.15, -0.1) is 0 Å². The smallest absolute Gasteiger partial charge is 0.338 e. The lowest BCUT2D eigenvalue weighted by atomic mass is 10.1. The van der Waals surface area contributed by atoms with Crippen molar-refractivity contribution in [2.75, 3.05) is 11.0 Å². The van der Waals surface area contributed by atoms with E-state index < -0.39 is 0 Å². The maximum atomic E-state index is 11.6. The second-order valence-corrected chi connectivity index (χ2v) is 4.79. The van der Waals surface area contributed by atoms with Crippen LogP contribution in [0.2, 0.25) is 0 Å². The van der Waals surface area contributed by atoms with Gasteiger partial charge in [-0.05, 0) is 41.4 Å². The van der Waals surface area contributed by atoms with Gasteiger partial charge >= 0.3 is 5.97 Å². The van der Waals surface area contributed by atoms with Gasteiger partial charge in [0, 0.05) is 0 Å². The normalized spacial score (nSPS) is 9.94. The van der Waals surface area contributed by atoms with E-state index >= 15 is 0 Å². The van der Waals surface area contributed by atoms with Gasteiger partial charge in [0.2, 0.25) is 0 Å². The Morgan fingerprint density at radius 1 is 1.24 bits per heavy atom. The molecule has 0 aliphatic carbocycles. The molecule has 0 heterocycles. The monoisotopic (exact) mass is 344 g/mol. The van der Waals surface area contributed by atoms with Crippen LogP contribution in [0.3, 0.4) is 0 Å². The van der Waals surface area contributed by atoms with Crippen LogP contribution in [0, 0.1) is 0 Å². The molecule has 0 aliphatic heterocycles. The summed E-state index contributed by atoms with van der Waals surface area (Å²) < 4.78 is 6.34. The van der Waals surface area contributed by atoms with Crippen molar-refractivity contribution in [3.63, 3.8) is 0 Å². The first-order valence-electron chi connectivity index (χ1n) is 5.73. The highest BCUT2D eigenvalue weighted by molar-refractivity contribution is 14.1. The van der Waals surface area contributed by atoms with Crippen LogP contribution in [0.5, 0.6) is 0 Å². The average Bonchev–Trinajstić information content (AvgIpc) is 2.38. The van der Waals surface area contributed by atoms with E-state index in [1.807, 2.05) is 12.1 Å². The van der Waals surface area contributed by atoms with E-state index in [1.54, 1.807) is 18.2 Å². The largest absolute Gasteiger partial charge is 0.462 e. The van der Waals surface area contributed by atoms with Gasteiger partial charge in [0.1, 0.15) is 0 Å². The minimum Gasteiger partial charge on any atom is -0.462 e. The van der Waals surface area contributed by atoms with Crippen molar-refractivity contribution in [2.24, 2.45) is 0 Å². The number of unbranched alkanes of at least 4 members (excludes halogenated alkanes) is 2. The SMILES string of the molecule is C=Cc1ccc(C(=O)OCCCCCI)cc1. The van der Waals surface area contributed by atoms with Crippen molar-refractivity contribution in [2.45, 2.75) is 19.3 Å². The Kier molecular flexibility index (Phi) is 6.93. The van der Waals surface area contributed by atoms with Gasteiger partial charge in [-0.3, -0.25) is 0 Å². The number of hydrogen-bond acceptors (Lipinski definition) is 2. The Balaban J connectivity index is 2.33. The molecule has 0 atom stereocenters. The summed E-state index contributed by atoms with van der Waals surface area (Å²) in [5, 5.41) is 0. The van der Waals surface area contributed by atoms with E-state index in [1.165, 1.54) is 6.42 Å². The molecule has 0 saturated carbocycles. The molecule has 17 heavy (non-hydrogen) atoms. The molecule has 0 amide bonds. The zero-order valence-corrected chi connectivity index (χ0v) is 12.0. The lowest BCUT2D eigenvalue weighted by molar-refractivity contribution is 0.0498. The number of benzene rings is 1. The summed E-state index contributed by atoms with van der Waals surface area (Å²) in [5.41, 5.74) is 1.60. The molecule has 1 aromatic carbocycles. The summed E-state index contributed by atoms with van der Waals surface area (Å²) in [6, 6.07) is 7.26. The molecule has 0 radical (unpaired) electrons. The van der Waals surface area contributed by atoms with E-state index in [4.69, 9.17) is 4.74 Å². The summed E-state index contributed by atoms with van der Waals surface area (Å²) in [6.45, 7) is 4.18. The highest BCUT2D eigenvalue weighted by atomic mass is 127. The third-order valence-electron chi connectivity index (χ3n) is 2.39. The topological polar surface area (TPSA) is 26.3 Å². The van der Waals surface area contributed by atoms with Gasteiger partial charge in [-0.2, -0.15) is 0 Å². The predicted molar refractivity (Wildman–Crippen MR) is 79.6 cm³/mol. The van der Waals surface area contributed by atoms with Crippen molar-refractivity contribution in [1.29, 1.82) is 0 Å². The molecular weight excluding hydrogens is 327 g/mol. The van der Waals surface area contributed by atoms with Gasteiger partial charge in [0.05, 0.1) is 12.2 Å². The van der Waals surface area contributed by atoms with Gasteiger partial charge in [-0.1, -0.05) is 47.4 Å². The van der Waals surface area contributed by atoms with Crippen LogP contribution >= 0.6 is 22.6 Å². The van der Waals surface area contributed by atoms with Gasteiger partial charge < -0.3 is 4.74 Å². The number of hydrogen-bond donors (Lipinski definition) is 0. The van der Waals surface area contributed by atoms with Crippen molar-refractivity contribution < 1.29 is 9.53 Å². The second-order valence-electron chi connectivity index (χ2n) is 3.71. The molecular formula is C14H17IO2. The van der Waals surface area contributed by atoms with Crippen molar-refractivity contribution in [3.05, 3.63) is 42.0 Å². The minimum absolute atomic E-state index is 0.241. The summed E-state index contributed by atoms with van der Waals surface area (Å²) in [5.74, 6) is -0.241. The molecule has 3 heteroatoms. The van der Waals surface area contributed by atoms with Gasteiger partial charge in [0.25, 0.3) is 0 Å². The number of ether oxygens (including phenoxy) is 1. The van der Waals surface area contributed by atoms with E-state index in [9.17, 15) is 4.79 Å². The van der Waals surface area contributed by atoms with Crippen molar-refractivity contribution >= 4 is 34.6 Å². The molecule has 0 spiro atoms. The third-order valence-corrected chi connectivity index (χ3v) is 3.16. The molecule has 2 nitrogen and oxygen atoms in total. The molecule has 0 N–H and O–H groups in total. The van der Waals surface area contributed by atoms with Crippen LogP contribution in [0.1, 0.15) is 35.2 Å². The Morgan fingerprint density at radius 3 is 2.53 bits per heavy atom. The zero-order chi connectivity index (χ0) is 12.5. The fraction of sp³-hybridized carbons (Fsp3) is 0.357. The molecule has 0 aliphatic rings. The molecule has 1 aromatic rings. The molecule has 0 saturated heterocycles. The first kappa shape index (κ1) is 14.2. The van der Waals surface area contributed by atoms with Crippen molar-refractivity contribution in [1.82, 2.24) is 0 Å². The Bertz CT molecular complexity index is 357. The molecule has 1 rings (SSSR count). The third kappa shape index (κ3) is 5.35. The van der Waals surface area contributed by atoms with Crippen LogP contribution < -0.4 is 0 Å². The molecule has 0 fully saturated rings. The number of halogens is 1. The quantitative estimate of drug-likeness (QED) is 0.322. The van der Waals surface area contributed by atoms with E-state index in [0.29, 0.717) is 12.2 Å². The van der Waals surface area contributed by atoms with Crippen LogP contribution in [-0.2, 0) is 4.74 Å². The van der Waals surface area contributed by atoms with Crippen molar-refractivity contribution in [3.8, 4) is 0 Å². The first-order chi connectivity index (χ1) is 8.27. The second kappa shape index (κ2) is 8.28. The number of alkyl halides is 1. The van der Waals surface area contributed by atoms with Crippen LogP contribution in [0.4, 0.5) is 0 Å². The Labute approximate surface area is 116 Å². The maximum Gasteiger partial charge on any atom is 0.338 e. The molecule has 0 unspecified atom stereocenters. The lowest BCUT2D eigenvalue weighted by Crippen LogP contribution is -2.06. The Hall–Kier alpha value is -0.840. The van der Waals surface area contributed by atoms with E-state index in [2.05, 4.69) is 29.2 Å². The highest BCUT2D eigenvalue weighted by Gasteiger charge is 2.05. The fourth-order valence-corrected chi connectivity index (χ4v) is 1.92. The predicted octanol–water partition coefficient (Wildman–Crippen LogP) is 4.09. The van der Waals surface area contributed by atoms with E-state index in [0.717, 1.165) is 22.8 Å². The number of carbonyl (C=O) groups is 1. The Morgan fingerprint density at radius 2 is 1.94 bits per heavy atom. The standard InChI is InChI=1S/C14H17IO2/c1-2-12-6-8-13(9-7-12)14(16)17-11-5-3-4-10-15/h2,6-9H,1,3-5,10-11H2. The number of esters is 1. The van der Waals surface area contributed by atoms with Gasteiger partial charge in [-0.25, -0.2) is 4.79 Å². The first-order valence-corrected chi connectivity index (χ1v) is 7.26. The minimum atomic E-state index is -0.241. The summed E-state index contributed by atoms with van der Waals surface area (Å²) in [6.07, 6.45) is 5.00. The molecule has 0 bridgehead atoms. The van der Waals surface area contributed by atoms with E-state index in [-0.39, 0.29) is 5.97 Å². The summed E-state index contributed by atoms with van der Waals surface area (Å²) in [4.78, 5) is 11.6. The maximum absolute atomic E-state index is 11.6. The highest BCUT2D eigenvalue weighted by Crippen LogP contribution is 2.07. The average molecular weight is 344 g/mol. The lowest BCUT2D eigenvalue weighted by Gasteiger charge is -2.04. The summed E-state index contributed by atoms with van der Waals surface area (Å²) >= 11 is 2.35. The van der Waals surface area contributed by atoms with Crippen LogP contribution in [0.15, 0.2) is 30.8 Å². The number of rotatable bonds is 7. The zero-order valence-electron chi connectivity index (χ0n) is 9.82. The molecule has 92 valence electrons. The molecule has 0 aromatic heterocycles. The van der Waals surface area contributed by atoms with Crippen LogP contribution in [-0.4, -0.2) is 17.0 Å². The summed E-state index contributed by atoms with van der Waals surface area (Å²) in [7, 11) is 0. The van der Waals surface area contributed by atoms with Gasteiger partial charge in [0.15, 0.2) is 0 Å². The fourth-order valence-electron chi connectivity index (χ4n) is 1.38.